The lowest BCUT2D eigenvalue weighted by Crippen LogP contribution is -2.41. The number of aryl methyl sites for hydroxylation is 1. The fourth-order valence-electron chi connectivity index (χ4n) is 1.89. The molecule has 0 spiro atoms. The molecule has 0 radical (unpaired) electrons. The lowest BCUT2D eigenvalue weighted by molar-refractivity contribution is -0.132. The van der Waals surface area contributed by atoms with Crippen LogP contribution in [0.25, 0.3) is 0 Å². The third kappa shape index (κ3) is 3.68. The van der Waals surface area contributed by atoms with E-state index in [0.29, 0.717) is 45.1 Å². The van der Waals surface area contributed by atoms with Crippen molar-refractivity contribution in [3.8, 4) is 0 Å². The minimum absolute atomic E-state index is 0.119. The first-order valence-electron chi connectivity index (χ1n) is 6.30. The van der Waals surface area contributed by atoms with E-state index in [2.05, 4.69) is 10.2 Å². The molecule has 2 heterocycles. The maximum atomic E-state index is 12.0. The summed E-state index contributed by atoms with van der Waals surface area (Å²) in [6, 6.07) is 0. The Balaban J connectivity index is 1.89. The Bertz CT molecular complexity index is 431. The predicted molar refractivity (Wildman–Crippen MR) is 71.9 cm³/mol. The summed E-state index contributed by atoms with van der Waals surface area (Å²) in [4.78, 5) is 13.8. The van der Waals surface area contributed by atoms with Gasteiger partial charge in [-0.1, -0.05) is 11.8 Å². The van der Waals surface area contributed by atoms with E-state index >= 15 is 0 Å². The number of carbonyl (C=O) groups is 1. The Morgan fingerprint density at radius 2 is 2.16 bits per heavy atom. The van der Waals surface area contributed by atoms with E-state index in [4.69, 9.17) is 10.5 Å². The molecule has 1 amide bonds. The standard InChI is InChI=1S/C11H19N5O2S/c1-9-13-14-11(16(9)3-2-12)19-8-10(17)15-4-6-18-7-5-15/h2-8,12H2,1H3. The molecule has 0 atom stereocenters. The van der Waals surface area contributed by atoms with Gasteiger partial charge in [0.05, 0.1) is 19.0 Å². The van der Waals surface area contributed by atoms with Gasteiger partial charge < -0.3 is 19.9 Å². The molecule has 1 aromatic heterocycles. The highest BCUT2D eigenvalue weighted by Crippen LogP contribution is 2.17. The topological polar surface area (TPSA) is 86.3 Å². The first-order valence-corrected chi connectivity index (χ1v) is 7.29. The van der Waals surface area contributed by atoms with Crippen LogP contribution in [0.4, 0.5) is 0 Å². The van der Waals surface area contributed by atoms with Crippen LogP contribution in [0.3, 0.4) is 0 Å². The predicted octanol–water partition coefficient (Wildman–Crippen LogP) is -0.504. The molecular weight excluding hydrogens is 266 g/mol. The van der Waals surface area contributed by atoms with Crippen molar-refractivity contribution < 1.29 is 9.53 Å². The molecule has 1 aromatic rings. The van der Waals surface area contributed by atoms with Crippen molar-refractivity contribution in [2.24, 2.45) is 5.73 Å². The SMILES string of the molecule is Cc1nnc(SCC(=O)N2CCOCC2)n1CCN. The minimum Gasteiger partial charge on any atom is -0.378 e. The van der Waals surface area contributed by atoms with Gasteiger partial charge in [0, 0.05) is 26.2 Å². The zero-order valence-corrected chi connectivity index (χ0v) is 11.9. The third-order valence-corrected chi connectivity index (χ3v) is 3.89. The molecule has 8 heteroatoms. The zero-order valence-electron chi connectivity index (χ0n) is 11.0. The van der Waals surface area contributed by atoms with Crippen molar-refractivity contribution in [3.05, 3.63) is 5.82 Å². The largest absolute Gasteiger partial charge is 0.378 e. The highest BCUT2D eigenvalue weighted by Gasteiger charge is 2.18. The number of nitrogens with two attached hydrogens (primary N) is 1. The number of rotatable bonds is 5. The van der Waals surface area contributed by atoms with Crippen molar-refractivity contribution in [3.63, 3.8) is 0 Å². The molecule has 0 saturated carbocycles. The summed E-state index contributed by atoms with van der Waals surface area (Å²) in [5.41, 5.74) is 5.56. The number of amides is 1. The maximum absolute atomic E-state index is 12.0. The van der Waals surface area contributed by atoms with Crippen LogP contribution in [0.1, 0.15) is 5.82 Å². The molecule has 2 rings (SSSR count). The molecule has 0 aromatic carbocycles. The van der Waals surface area contributed by atoms with E-state index in [1.807, 2.05) is 16.4 Å². The number of hydrogen-bond donors (Lipinski definition) is 1. The average molecular weight is 285 g/mol. The van der Waals surface area contributed by atoms with Crippen LogP contribution in [0.5, 0.6) is 0 Å². The van der Waals surface area contributed by atoms with Crippen molar-refractivity contribution in [1.82, 2.24) is 19.7 Å². The van der Waals surface area contributed by atoms with E-state index in [-0.39, 0.29) is 5.91 Å². The molecule has 1 fully saturated rings. The molecule has 0 unspecified atom stereocenters. The quantitative estimate of drug-likeness (QED) is 0.734. The number of carbonyl (C=O) groups excluding carboxylic acids is 1. The van der Waals surface area contributed by atoms with Crippen LogP contribution in [0.2, 0.25) is 0 Å². The number of morpholine rings is 1. The van der Waals surface area contributed by atoms with Gasteiger partial charge in [0.2, 0.25) is 5.91 Å². The number of nitrogens with zero attached hydrogens (tertiary/aromatic N) is 4. The lowest BCUT2D eigenvalue weighted by atomic mass is 10.4. The summed E-state index contributed by atoms with van der Waals surface area (Å²) in [7, 11) is 0. The van der Waals surface area contributed by atoms with E-state index in [0.717, 1.165) is 11.0 Å². The molecule has 1 aliphatic rings. The summed E-state index contributed by atoms with van der Waals surface area (Å²) in [5, 5.41) is 8.85. The van der Waals surface area contributed by atoms with E-state index in [1.54, 1.807) is 0 Å². The molecule has 2 N–H and O–H groups in total. The summed E-state index contributed by atoms with van der Waals surface area (Å²) in [6.45, 7) is 5.69. The second kappa shape index (κ2) is 6.88. The Kier molecular flexibility index (Phi) is 5.17. The van der Waals surface area contributed by atoms with Gasteiger partial charge in [0.25, 0.3) is 0 Å². The molecule has 7 nitrogen and oxygen atoms in total. The Hall–Kier alpha value is -1.12. The Labute approximate surface area is 116 Å². The van der Waals surface area contributed by atoms with Crippen LogP contribution in [-0.2, 0) is 16.1 Å². The first kappa shape index (κ1) is 14.3. The lowest BCUT2D eigenvalue weighted by Gasteiger charge is -2.26. The normalized spacial score (nSPS) is 15.8. The third-order valence-electron chi connectivity index (χ3n) is 2.94. The maximum Gasteiger partial charge on any atom is 0.233 e. The zero-order chi connectivity index (χ0) is 13.7. The molecule has 1 aliphatic heterocycles. The monoisotopic (exact) mass is 285 g/mol. The average Bonchev–Trinajstić information content (AvgIpc) is 2.79. The smallest absolute Gasteiger partial charge is 0.233 e. The summed E-state index contributed by atoms with van der Waals surface area (Å²) in [5.74, 6) is 1.32. The number of ether oxygens (including phenoxy) is 1. The van der Waals surface area contributed by atoms with E-state index < -0.39 is 0 Å². The number of hydrogen-bond acceptors (Lipinski definition) is 6. The van der Waals surface area contributed by atoms with Crippen molar-refractivity contribution in [2.45, 2.75) is 18.6 Å². The molecule has 106 valence electrons. The van der Waals surface area contributed by atoms with Crippen molar-refractivity contribution >= 4 is 17.7 Å². The van der Waals surface area contributed by atoms with Gasteiger partial charge in [-0.05, 0) is 6.92 Å². The van der Waals surface area contributed by atoms with Gasteiger partial charge in [0.1, 0.15) is 5.82 Å². The van der Waals surface area contributed by atoms with Gasteiger partial charge in [0.15, 0.2) is 5.16 Å². The molecular formula is C11H19N5O2S. The Morgan fingerprint density at radius 1 is 1.42 bits per heavy atom. The van der Waals surface area contributed by atoms with Crippen LogP contribution in [0, 0.1) is 6.92 Å². The second-order valence-corrected chi connectivity index (χ2v) is 5.19. The molecule has 0 aliphatic carbocycles. The molecule has 19 heavy (non-hydrogen) atoms. The first-order chi connectivity index (χ1) is 9.22. The van der Waals surface area contributed by atoms with Crippen LogP contribution in [-0.4, -0.2) is 64.2 Å². The second-order valence-electron chi connectivity index (χ2n) is 4.25. The summed E-state index contributed by atoms with van der Waals surface area (Å²) in [6.07, 6.45) is 0. The van der Waals surface area contributed by atoms with Gasteiger partial charge in [-0.15, -0.1) is 10.2 Å². The van der Waals surface area contributed by atoms with Crippen LogP contribution in [0.15, 0.2) is 5.16 Å². The fraction of sp³-hybridized carbons (Fsp3) is 0.727. The van der Waals surface area contributed by atoms with Gasteiger partial charge >= 0.3 is 0 Å². The van der Waals surface area contributed by atoms with E-state index in [9.17, 15) is 4.79 Å². The molecule has 0 bridgehead atoms. The highest BCUT2D eigenvalue weighted by atomic mass is 32.2. The highest BCUT2D eigenvalue weighted by molar-refractivity contribution is 7.99. The van der Waals surface area contributed by atoms with Gasteiger partial charge in [-0.25, -0.2) is 0 Å². The van der Waals surface area contributed by atoms with Crippen molar-refractivity contribution in [1.29, 1.82) is 0 Å². The van der Waals surface area contributed by atoms with Crippen molar-refractivity contribution in [2.75, 3.05) is 38.6 Å². The summed E-state index contributed by atoms with van der Waals surface area (Å²) < 4.78 is 7.17. The number of aromatic nitrogens is 3. The minimum atomic E-state index is 0.119. The molecule has 1 saturated heterocycles. The fourth-order valence-corrected chi connectivity index (χ4v) is 2.80. The van der Waals surface area contributed by atoms with Crippen LogP contribution >= 0.6 is 11.8 Å². The summed E-state index contributed by atoms with van der Waals surface area (Å²) >= 11 is 1.41. The van der Waals surface area contributed by atoms with Gasteiger partial charge in [-0.3, -0.25) is 4.79 Å². The van der Waals surface area contributed by atoms with Crippen LogP contribution < -0.4 is 5.73 Å². The van der Waals surface area contributed by atoms with Gasteiger partial charge in [-0.2, -0.15) is 0 Å². The Morgan fingerprint density at radius 3 is 2.84 bits per heavy atom. The number of thioether (sulfide) groups is 1. The van der Waals surface area contributed by atoms with E-state index in [1.165, 1.54) is 11.8 Å².